The number of hydrogen-bond donors (Lipinski definition) is 1. The first-order chi connectivity index (χ1) is 10.3. The lowest BCUT2D eigenvalue weighted by molar-refractivity contribution is -0.137. The molecule has 0 aliphatic carbocycles. The van der Waals surface area contributed by atoms with E-state index >= 15 is 0 Å². The van der Waals surface area contributed by atoms with Crippen molar-refractivity contribution in [1.82, 2.24) is 0 Å². The lowest BCUT2D eigenvalue weighted by atomic mass is 10.2. The molecule has 0 aromatic heterocycles. The van der Waals surface area contributed by atoms with Gasteiger partial charge in [-0.3, -0.25) is 5.43 Å². The molecule has 8 heteroatoms. The van der Waals surface area contributed by atoms with Gasteiger partial charge in [0, 0.05) is 5.56 Å². The van der Waals surface area contributed by atoms with E-state index in [-0.39, 0.29) is 20.9 Å². The highest BCUT2D eigenvalue weighted by Gasteiger charge is 2.32. The number of anilines is 1. The van der Waals surface area contributed by atoms with Crippen molar-refractivity contribution in [1.29, 1.82) is 0 Å². The first-order valence-electron chi connectivity index (χ1n) is 5.90. The monoisotopic (exact) mass is 366 g/mol. The molecule has 0 saturated heterocycles. The maximum Gasteiger partial charge on any atom is 0.416 e. The topological polar surface area (TPSA) is 24.4 Å². The normalized spacial score (nSPS) is 12.4. The van der Waals surface area contributed by atoms with Gasteiger partial charge in [-0.1, -0.05) is 65.1 Å². The second kappa shape index (κ2) is 6.77. The molecule has 0 aliphatic heterocycles. The summed E-state index contributed by atoms with van der Waals surface area (Å²) in [6.45, 7) is 0. The van der Waals surface area contributed by atoms with Crippen LogP contribution in [0.3, 0.4) is 0 Å². The summed E-state index contributed by atoms with van der Waals surface area (Å²) in [5.74, 6) is 0. The Labute approximate surface area is 139 Å². The van der Waals surface area contributed by atoms with E-state index in [1.165, 1.54) is 0 Å². The summed E-state index contributed by atoms with van der Waals surface area (Å²) < 4.78 is 37.9. The first-order valence-corrected chi connectivity index (χ1v) is 7.03. The molecule has 0 aliphatic rings. The molecule has 0 bridgehead atoms. The van der Waals surface area contributed by atoms with E-state index in [0.29, 0.717) is 5.56 Å². The van der Waals surface area contributed by atoms with E-state index in [1.54, 1.807) is 24.3 Å². The third kappa shape index (κ3) is 4.06. The molecular weight excluding hydrogens is 360 g/mol. The van der Waals surface area contributed by atoms with Crippen LogP contribution in [0.25, 0.3) is 0 Å². The first kappa shape index (κ1) is 16.9. The Morgan fingerprint density at radius 1 is 1.00 bits per heavy atom. The highest BCUT2D eigenvalue weighted by molar-refractivity contribution is 6.69. The lowest BCUT2D eigenvalue weighted by Crippen LogP contribution is -2.06. The zero-order valence-electron chi connectivity index (χ0n) is 10.8. The minimum Gasteiger partial charge on any atom is -0.274 e. The number of nitrogens with zero attached hydrogens (tertiary/aromatic N) is 1. The lowest BCUT2D eigenvalue weighted by Gasteiger charge is -2.12. The van der Waals surface area contributed by atoms with Crippen molar-refractivity contribution >= 4 is 45.7 Å². The summed E-state index contributed by atoms with van der Waals surface area (Å²) in [5, 5.41) is 3.56. The fourth-order valence-electron chi connectivity index (χ4n) is 1.59. The maximum absolute atomic E-state index is 12.6. The standard InChI is InChI=1S/C14H8Cl3F3N2/c15-10-6-9(14(18,19)20)7-11(16)12(10)21-22-13(17)8-4-2-1-3-5-8/h1-7,21H. The van der Waals surface area contributed by atoms with Gasteiger partial charge in [0.25, 0.3) is 0 Å². The molecule has 2 aromatic carbocycles. The van der Waals surface area contributed by atoms with Crippen LogP contribution in [0.4, 0.5) is 18.9 Å². The summed E-state index contributed by atoms with van der Waals surface area (Å²) in [6, 6.07) is 10.3. The Morgan fingerprint density at radius 2 is 1.55 bits per heavy atom. The summed E-state index contributed by atoms with van der Waals surface area (Å²) in [7, 11) is 0. The molecular formula is C14H8Cl3F3N2. The molecule has 2 rings (SSSR count). The van der Waals surface area contributed by atoms with Gasteiger partial charge >= 0.3 is 6.18 Å². The van der Waals surface area contributed by atoms with Gasteiger partial charge in [-0.05, 0) is 12.1 Å². The fourth-order valence-corrected chi connectivity index (χ4v) is 2.33. The van der Waals surface area contributed by atoms with Crippen molar-refractivity contribution in [3.8, 4) is 0 Å². The minimum absolute atomic E-state index is 0.0467. The molecule has 0 saturated carbocycles. The van der Waals surface area contributed by atoms with Crippen molar-refractivity contribution in [2.45, 2.75) is 6.18 Å². The van der Waals surface area contributed by atoms with Gasteiger partial charge < -0.3 is 0 Å². The molecule has 2 nitrogen and oxygen atoms in total. The van der Waals surface area contributed by atoms with Crippen LogP contribution in [0, 0.1) is 0 Å². The Bertz CT molecular complexity index is 677. The van der Waals surface area contributed by atoms with Gasteiger partial charge in [-0.2, -0.15) is 18.3 Å². The van der Waals surface area contributed by atoms with Gasteiger partial charge in [-0.15, -0.1) is 0 Å². The van der Waals surface area contributed by atoms with Crippen molar-refractivity contribution in [3.05, 3.63) is 63.6 Å². The van der Waals surface area contributed by atoms with Crippen LogP contribution in [0.2, 0.25) is 10.0 Å². The predicted molar refractivity (Wildman–Crippen MR) is 83.9 cm³/mol. The van der Waals surface area contributed by atoms with Crippen molar-refractivity contribution < 1.29 is 13.2 Å². The molecule has 1 N–H and O–H groups in total. The second-order valence-electron chi connectivity index (χ2n) is 4.19. The molecule has 0 amide bonds. The number of nitrogens with one attached hydrogen (secondary N) is 1. The molecule has 0 radical (unpaired) electrons. The van der Waals surface area contributed by atoms with Crippen molar-refractivity contribution in [2.75, 3.05) is 5.43 Å². The second-order valence-corrected chi connectivity index (χ2v) is 5.37. The SMILES string of the molecule is FC(F)(F)c1cc(Cl)c(NN=C(Cl)c2ccccc2)c(Cl)c1. The quantitative estimate of drug-likeness (QED) is 0.520. The largest absolute Gasteiger partial charge is 0.416 e. The van der Waals surface area contributed by atoms with E-state index in [2.05, 4.69) is 10.5 Å². The third-order valence-corrected chi connectivity index (χ3v) is 3.55. The molecule has 0 heterocycles. The number of benzene rings is 2. The van der Waals surface area contributed by atoms with Crippen LogP contribution in [0.15, 0.2) is 47.6 Å². The fraction of sp³-hybridized carbons (Fsp3) is 0.0714. The number of alkyl halides is 3. The van der Waals surface area contributed by atoms with E-state index in [4.69, 9.17) is 34.8 Å². The molecule has 0 fully saturated rings. The van der Waals surface area contributed by atoms with Crippen LogP contribution in [0.5, 0.6) is 0 Å². The molecule has 2 aromatic rings. The summed E-state index contributed by atoms with van der Waals surface area (Å²) in [5.41, 5.74) is 2.23. The highest BCUT2D eigenvalue weighted by Crippen LogP contribution is 2.38. The summed E-state index contributed by atoms with van der Waals surface area (Å²) >= 11 is 17.6. The number of rotatable bonds is 3. The number of hydrazone groups is 1. The van der Waals surface area contributed by atoms with E-state index < -0.39 is 11.7 Å². The summed E-state index contributed by atoms with van der Waals surface area (Å²) in [6.07, 6.45) is -4.53. The van der Waals surface area contributed by atoms with Crippen LogP contribution in [-0.4, -0.2) is 5.17 Å². The van der Waals surface area contributed by atoms with Crippen LogP contribution < -0.4 is 5.43 Å². The average molecular weight is 368 g/mol. The van der Waals surface area contributed by atoms with Gasteiger partial charge in [0.15, 0.2) is 5.17 Å². The molecule has 0 spiro atoms. The number of halogens is 6. The third-order valence-electron chi connectivity index (χ3n) is 2.65. The van der Waals surface area contributed by atoms with E-state index in [1.807, 2.05) is 6.07 Å². The van der Waals surface area contributed by atoms with E-state index in [0.717, 1.165) is 12.1 Å². The molecule has 116 valence electrons. The number of hydrogen-bond acceptors (Lipinski definition) is 2. The molecule has 22 heavy (non-hydrogen) atoms. The van der Waals surface area contributed by atoms with Gasteiger partial charge in [0.1, 0.15) is 0 Å². The molecule has 0 atom stereocenters. The summed E-state index contributed by atoms with van der Waals surface area (Å²) in [4.78, 5) is 0. The van der Waals surface area contributed by atoms with Crippen LogP contribution in [-0.2, 0) is 6.18 Å². The van der Waals surface area contributed by atoms with Gasteiger partial charge in [0.2, 0.25) is 0 Å². The Balaban J connectivity index is 2.27. The smallest absolute Gasteiger partial charge is 0.274 e. The Morgan fingerprint density at radius 3 is 2.05 bits per heavy atom. The highest BCUT2D eigenvalue weighted by atomic mass is 35.5. The van der Waals surface area contributed by atoms with Crippen LogP contribution in [0.1, 0.15) is 11.1 Å². The zero-order chi connectivity index (χ0) is 16.3. The average Bonchev–Trinajstić information content (AvgIpc) is 2.46. The zero-order valence-corrected chi connectivity index (χ0v) is 13.0. The Hall–Kier alpha value is -1.43. The molecule has 0 unspecified atom stereocenters. The van der Waals surface area contributed by atoms with Crippen molar-refractivity contribution in [3.63, 3.8) is 0 Å². The maximum atomic E-state index is 12.6. The van der Waals surface area contributed by atoms with Gasteiger partial charge in [-0.25, -0.2) is 0 Å². The van der Waals surface area contributed by atoms with Gasteiger partial charge in [0.05, 0.1) is 21.3 Å². The predicted octanol–water partition coefficient (Wildman–Crippen LogP) is 6.02. The minimum atomic E-state index is -4.53. The Kier molecular flexibility index (Phi) is 5.21. The van der Waals surface area contributed by atoms with Crippen molar-refractivity contribution in [2.24, 2.45) is 5.10 Å². The van der Waals surface area contributed by atoms with E-state index in [9.17, 15) is 13.2 Å². The van der Waals surface area contributed by atoms with Crippen LogP contribution >= 0.6 is 34.8 Å².